The van der Waals surface area contributed by atoms with Crippen LogP contribution in [0.3, 0.4) is 0 Å². The van der Waals surface area contributed by atoms with Crippen LogP contribution in [0.5, 0.6) is 0 Å². The lowest BCUT2D eigenvalue weighted by molar-refractivity contribution is -0.145. The van der Waals surface area contributed by atoms with Gasteiger partial charge in [-0.05, 0) is 18.6 Å². The Morgan fingerprint density at radius 2 is 2.33 bits per heavy atom. The van der Waals surface area contributed by atoms with Crippen LogP contribution in [0.4, 0.5) is 4.39 Å². The lowest BCUT2D eigenvalue weighted by Gasteiger charge is -2.28. The highest BCUT2D eigenvalue weighted by Crippen LogP contribution is 2.23. The molecule has 1 atom stereocenters. The van der Waals surface area contributed by atoms with Crippen molar-refractivity contribution in [3.05, 3.63) is 29.8 Å². The first-order valence-corrected chi connectivity index (χ1v) is 5.66. The highest BCUT2D eigenvalue weighted by atomic mass is 19.1. The van der Waals surface area contributed by atoms with Gasteiger partial charge >= 0.3 is 5.97 Å². The smallest absolute Gasteiger partial charge is 0.330 e. The van der Waals surface area contributed by atoms with Crippen molar-refractivity contribution < 1.29 is 19.0 Å². The molecule has 0 saturated heterocycles. The van der Waals surface area contributed by atoms with Crippen molar-refractivity contribution in [1.29, 1.82) is 0 Å². The highest BCUT2D eigenvalue weighted by Gasteiger charge is 2.39. The molecule has 0 bridgehead atoms. The van der Waals surface area contributed by atoms with Crippen LogP contribution in [0.2, 0.25) is 0 Å². The SMILES string of the molecule is CCC(NCCOC)(C(=O)O)c1ccc(F)cn1. The number of carbonyl (C=O) groups is 1. The molecular formula is C12H17FN2O3. The molecule has 1 unspecified atom stereocenters. The summed E-state index contributed by atoms with van der Waals surface area (Å²) in [6, 6.07) is 2.58. The topological polar surface area (TPSA) is 71.5 Å². The van der Waals surface area contributed by atoms with Crippen molar-refractivity contribution in [2.24, 2.45) is 0 Å². The Labute approximate surface area is 105 Å². The average Bonchev–Trinajstić information content (AvgIpc) is 2.36. The van der Waals surface area contributed by atoms with Crippen LogP contribution in [-0.2, 0) is 15.1 Å². The number of rotatable bonds is 7. The van der Waals surface area contributed by atoms with Gasteiger partial charge in [-0.2, -0.15) is 0 Å². The third-order valence-electron chi connectivity index (χ3n) is 2.79. The lowest BCUT2D eigenvalue weighted by atomic mass is 9.91. The molecule has 5 nitrogen and oxygen atoms in total. The van der Waals surface area contributed by atoms with E-state index in [9.17, 15) is 14.3 Å². The molecule has 0 aliphatic carbocycles. The minimum atomic E-state index is -1.31. The molecule has 1 aromatic heterocycles. The minimum Gasteiger partial charge on any atom is -0.480 e. The number of hydrogen-bond acceptors (Lipinski definition) is 4. The summed E-state index contributed by atoms with van der Waals surface area (Å²) in [5.74, 6) is -1.54. The van der Waals surface area contributed by atoms with E-state index in [1.807, 2.05) is 0 Å². The van der Waals surface area contributed by atoms with Crippen molar-refractivity contribution in [3.8, 4) is 0 Å². The van der Waals surface area contributed by atoms with Gasteiger partial charge in [0.2, 0.25) is 0 Å². The number of aliphatic carboxylic acids is 1. The van der Waals surface area contributed by atoms with Crippen molar-refractivity contribution >= 4 is 5.97 Å². The molecule has 18 heavy (non-hydrogen) atoms. The molecule has 1 rings (SSSR count). The van der Waals surface area contributed by atoms with E-state index in [2.05, 4.69) is 10.3 Å². The largest absolute Gasteiger partial charge is 0.480 e. The number of carboxylic acids is 1. The lowest BCUT2D eigenvalue weighted by Crippen LogP contribution is -2.50. The van der Waals surface area contributed by atoms with Gasteiger partial charge in [-0.25, -0.2) is 9.18 Å². The first-order valence-electron chi connectivity index (χ1n) is 5.66. The van der Waals surface area contributed by atoms with Crippen LogP contribution >= 0.6 is 0 Å². The van der Waals surface area contributed by atoms with Crippen molar-refractivity contribution in [2.45, 2.75) is 18.9 Å². The third-order valence-corrected chi connectivity index (χ3v) is 2.79. The number of hydrogen-bond donors (Lipinski definition) is 2. The summed E-state index contributed by atoms with van der Waals surface area (Å²) in [7, 11) is 1.53. The van der Waals surface area contributed by atoms with Gasteiger partial charge < -0.3 is 9.84 Å². The summed E-state index contributed by atoms with van der Waals surface area (Å²) >= 11 is 0. The van der Waals surface area contributed by atoms with E-state index in [1.54, 1.807) is 6.92 Å². The van der Waals surface area contributed by atoms with Gasteiger partial charge in [-0.3, -0.25) is 10.3 Å². The molecule has 0 spiro atoms. The number of halogens is 1. The van der Waals surface area contributed by atoms with Crippen molar-refractivity contribution in [3.63, 3.8) is 0 Å². The zero-order valence-electron chi connectivity index (χ0n) is 10.4. The fourth-order valence-corrected chi connectivity index (χ4v) is 1.73. The van der Waals surface area contributed by atoms with Crippen LogP contribution < -0.4 is 5.32 Å². The Bertz CT molecular complexity index is 397. The molecule has 100 valence electrons. The summed E-state index contributed by atoms with van der Waals surface area (Å²) < 4.78 is 17.7. The molecule has 1 aromatic rings. The summed E-state index contributed by atoms with van der Waals surface area (Å²) in [6.45, 7) is 2.49. The molecule has 0 saturated carbocycles. The maximum absolute atomic E-state index is 12.8. The first kappa shape index (κ1) is 14.5. The fraction of sp³-hybridized carbons (Fsp3) is 0.500. The summed E-state index contributed by atoms with van der Waals surface area (Å²) in [5.41, 5.74) is -1.03. The van der Waals surface area contributed by atoms with Crippen LogP contribution in [0.25, 0.3) is 0 Å². The number of methoxy groups -OCH3 is 1. The standard InChI is InChI=1S/C12H17FN2O3/c1-3-12(11(16)17,15-6-7-18-2)10-5-4-9(13)8-14-10/h4-5,8,15H,3,6-7H2,1-2H3,(H,16,17). The minimum absolute atomic E-state index is 0.287. The second-order valence-corrected chi connectivity index (χ2v) is 3.85. The Hall–Kier alpha value is -1.53. The van der Waals surface area contributed by atoms with Gasteiger partial charge in [-0.1, -0.05) is 6.92 Å². The average molecular weight is 256 g/mol. The highest BCUT2D eigenvalue weighted by molar-refractivity contribution is 5.80. The second kappa shape index (κ2) is 6.42. The van der Waals surface area contributed by atoms with Gasteiger partial charge in [0.1, 0.15) is 5.82 Å². The van der Waals surface area contributed by atoms with E-state index in [4.69, 9.17) is 4.74 Å². The maximum atomic E-state index is 12.8. The van der Waals surface area contributed by atoms with Crippen LogP contribution in [0.15, 0.2) is 18.3 Å². The normalized spacial score (nSPS) is 14.2. The van der Waals surface area contributed by atoms with E-state index in [1.165, 1.54) is 19.2 Å². The van der Waals surface area contributed by atoms with Crippen molar-refractivity contribution in [1.82, 2.24) is 10.3 Å². The van der Waals surface area contributed by atoms with Gasteiger partial charge in [0, 0.05) is 13.7 Å². The summed E-state index contributed by atoms with van der Waals surface area (Å²) in [4.78, 5) is 15.4. The van der Waals surface area contributed by atoms with E-state index in [-0.39, 0.29) is 5.69 Å². The third kappa shape index (κ3) is 3.02. The monoisotopic (exact) mass is 256 g/mol. The summed E-state index contributed by atoms with van der Waals surface area (Å²) in [5, 5.41) is 12.3. The van der Waals surface area contributed by atoms with Crippen LogP contribution in [0.1, 0.15) is 19.0 Å². The van der Waals surface area contributed by atoms with Gasteiger partial charge in [0.15, 0.2) is 5.54 Å². The zero-order chi connectivity index (χ0) is 13.6. The second-order valence-electron chi connectivity index (χ2n) is 3.85. The van der Waals surface area contributed by atoms with Crippen LogP contribution in [0, 0.1) is 5.82 Å². The molecule has 1 heterocycles. The molecule has 0 aliphatic rings. The van der Waals surface area contributed by atoms with Gasteiger partial charge in [0.05, 0.1) is 18.5 Å². The predicted molar refractivity (Wildman–Crippen MR) is 63.7 cm³/mol. The predicted octanol–water partition coefficient (Wildman–Crippen LogP) is 1.15. The number of aromatic nitrogens is 1. The quantitative estimate of drug-likeness (QED) is 0.716. The summed E-state index contributed by atoms with van der Waals surface area (Å²) in [6.07, 6.45) is 1.31. The van der Waals surface area contributed by atoms with E-state index in [0.29, 0.717) is 19.6 Å². The maximum Gasteiger partial charge on any atom is 0.330 e. The Balaban J connectivity index is 3.02. The molecule has 0 radical (unpaired) electrons. The van der Waals surface area contributed by atoms with Crippen LogP contribution in [-0.4, -0.2) is 36.3 Å². The Morgan fingerprint density at radius 3 is 2.78 bits per heavy atom. The number of ether oxygens (including phenoxy) is 1. The fourth-order valence-electron chi connectivity index (χ4n) is 1.73. The molecule has 6 heteroatoms. The molecule has 2 N–H and O–H groups in total. The van der Waals surface area contributed by atoms with Gasteiger partial charge in [0.25, 0.3) is 0 Å². The van der Waals surface area contributed by atoms with Crippen molar-refractivity contribution in [2.75, 3.05) is 20.3 Å². The molecule has 0 amide bonds. The number of nitrogens with one attached hydrogen (secondary N) is 1. The van der Waals surface area contributed by atoms with E-state index < -0.39 is 17.3 Å². The number of carboxylic acid groups (broad SMARTS) is 1. The Kier molecular flexibility index (Phi) is 5.18. The molecule has 0 fully saturated rings. The molecule has 0 aliphatic heterocycles. The van der Waals surface area contributed by atoms with E-state index >= 15 is 0 Å². The number of nitrogens with zero attached hydrogens (tertiary/aromatic N) is 1. The molecular weight excluding hydrogens is 239 g/mol. The number of pyridine rings is 1. The van der Waals surface area contributed by atoms with Gasteiger partial charge in [-0.15, -0.1) is 0 Å². The van der Waals surface area contributed by atoms with E-state index in [0.717, 1.165) is 6.20 Å². The Morgan fingerprint density at radius 1 is 1.61 bits per heavy atom. The zero-order valence-corrected chi connectivity index (χ0v) is 10.4. The first-order chi connectivity index (χ1) is 8.56. The molecule has 0 aromatic carbocycles.